The van der Waals surface area contributed by atoms with E-state index in [0.717, 1.165) is 3.63 Å². The molecule has 0 radical (unpaired) electrons. The van der Waals surface area contributed by atoms with Crippen LogP contribution in [0.15, 0.2) is 70.0 Å². The van der Waals surface area contributed by atoms with Gasteiger partial charge < -0.3 is 24.8 Å². The number of hydrogen-bond acceptors (Lipinski definition) is 0. The molecule has 2 aliphatic rings. The first kappa shape index (κ1) is 19.9. The van der Waals surface area contributed by atoms with Crippen molar-refractivity contribution in [3.8, 4) is 11.1 Å². The van der Waals surface area contributed by atoms with Crippen LogP contribution in [-0.4, -0.2) is 5.43 Å². The third kappa shape index (κ3) is 3.31. The fraction of sp³-hybridized carbons (Fsp3) is 0.200. The van der Waals surface area contributed by atoms with Gasteiger partial charge in [-0.2, -0.15) is 0 Å². The Hall–Kier alpha value is -0.400. The van der Waals surface area contributed by atoms with Gasteiger partial charge in [0.15, 0.2) is 0 Å². The average Bonchev–Trinajstić information content (AvgIpc) is 3.16. The zero-order chi connectivity index (χ0) is 15.1. The van der Waals surface area contributed by atoms with Gasteiger partial charge >= 0.3 is 141 Å². The van der Waals surface area contributed by atoms with Crippen LogP contribution in [0.3, 0.4) is 0 Å². The summed E-state index contributed by atoms with van der Waals surface area (Å²) < 4.78 is 2.57. The van der Waals surface area contributed by atoms with Gasteiger partial charge in [0.1, 0.15) is 0 Å². The van der Waals surface area contributed by atoms with Gasteiger partial charge in [0.2, 0.25) is 0 Å². The molecule has 0 aliphatic heterocycles. The van der Waals surface area contributed by atoms with Gasteiger partial charge in [-0.25, -0.2) is 0 Å². The Morgan fingerprint density at radius 1 is 0.875 bits per heavy atom. The van der Waals surface area contributed by atoms with Crippen LogP contribution < -0.4 is 24.8 Å². The number of hydrogen-bond donors (Lipinski definition) is 0. The Balaban J connectivity index is 0.00000104. The van der Waals surface area contributed by atoms with Crippen LogP contribution in [0.4, 0.5) is 0 Å². The van der Waals surface area contributed by atoms with Gasteiger partial charge in [-0.15, -0.1) is 0 Å². The zero-order valence-electron chi connectivity index (χ0n) is 13.9. The molecule has 2 aliphatic carbocycles. The molecule has 0 heterocycles. The molecule has 0 nitrogen and oxygen atoms in total. The van der Waals surface area contributed by atoms with Crippen molar-refractivity contribution in [2.24, 2.45) is 0 Å². The molecule has 0 atom stereocenters. The summed E-state index contributed by atoms with van der Waals surface area (Å²) in [6.07, 6.45) is 8.32. The molecular formula is C20H20Cl2SiZr. The van der Waals surface area contributed by atoms with Gasteiger partial charge in [-0.1, -0.05) is 0 Å². The monoisotopic (exact) mass is 448 g/mol. The standard InChI is InChI=1S/C13H9.C5H5.C2H6Si.2ClH.Zr/c1-3-7-12-10(5-1)9-11-6-2-4-8-13(11)12;1-2-4-5-3-1;1-3-2;;;/h1-9H;1-3H,4H2;1-2H3;2*1H;/q;;;;;+2/p-2. The van der Waals surface area contributed by atoms with Crippen LogP contribution >= 0.6 is 0 Å². The van der Waals surface area contributed by atoms with Crippen molar-refractivity contribution in [1.82, 2.24) is 0 Å². The molecule has 0 fully saturated rings. The van der Waals surface area contributed by atoms with E-state index in [4.69, 9.17) is 0 Å². The molecule has 2 aromatic rings. The minimum Gasteiger partial charge on any atom is -1.00 e. The maximum absolute atomic E-state index is 2.56. The Labute approximate surface area is 165 Å². The van der Waals surface area contributed by atoms with E-state index in [-0.39, 0.29) is 30.2 Å². The topological polar surface area (TPSA) is 0 Å². The normalized spacial score (nSPS) is 13.8. The predicted molar refractivity (Wildman–Crippen MR) is 93.0 cm³/mol. The molecule has 122 valence electrons. The molecule has 24 heavy (non-hydrogen) atoms. The van der Waals surface area contributed by atoms with Crippen molar-refractivity contribution >= 4 is 5.43 Å². The molecule has 2 aromatic carbocycles. The van der Waals surface area contributed by atoms with Crippen LogP contribution in [0, 0.1) is 0 Å². The minimum absolute atomic E-state index is 0. The Kier molecular flexibility index (Phi) is 6.90. The number of halogens is 2. The molecule has 0 N–H and O–H groups in total. The third-order valence-corrected chi connectivity index (χ3v) is 23.0. The van der Waals surface area contributed by atoms with Gasteiger partial charge in [-0.05, 0) is 0 Å². The van der Waals surface area contributed by atoms with Crippen molar-refractivity contribution in [1.29, 1.82) is 0 Å². The summed E-state index contributed by atoms with van der Waals surface area (Å²) in [6.45, 7) is 5.12. The number of rotatable bonds is 2. The Morgan fingerprint density at radius 3 is 1.88 bits per heavy atom. The maximum atomic E-state index is 2.56. The van der Waals surface area contributed by atoms with Crippen molar-refractivity contribution in [2.45, 2.75) is 23.1 Å². The average molecular weight is 451 g/mol. The summed E-state index contributed by atoms with van der Waals surface area (Å²) in [6, 6.07) is 18.3. The molecule has 0 amide bonds. The second-order valence-corrected chi connectivity index (χ2v) is 23.9. The smallest absolute Gasteiger partial charge is 1.00 e. The Bertz CT molecular complexity index is 803. The van der Waals surface area contributed by atoms with E-state index in [1.807, 2.05) is 3.28 Å². The van der Waals surface area contributed by atoms with E-state index in [1.54, 1.807) is 11.1 Å². The third-order valence-electron chi connectivity index (χ3n) is 4.78. The maximum Gasteiger partial charge on any atom is -1.00 e. The molecular weight excluding hydrogens is 430 g/mol. The van der Waals surface area contributed by atoms with Crippen molar-refractivity contribution < 1.29 is 45.2 Å². The SMILES string of the molecule is C[Si](C)=[Zr+2]([C]1=CC=CC1)[CH]1c2ccccc2-c2ccccc21.[Cl-].[Cl-]. The van der Waals surface area contributed by atoms with E-state index >= 15 is 0 Å². The molecule has 4 heteroatoms. The number of benzene rings is 2. The zero-order valence-corrected chi connectivity index (χ0v) is 18.9. The second kappa shape index (κ2) is 8.32. The first-order valence-electron chi connectivity index (χ1n) is 7.99. The van der Waals surface area contributed by atoms with E-state index in [2.05, 4.69) is 79.9 Å². The van der Waals surface area contributed by atoms with E-state index in [0.29, 0.717) is 0 Å². The quantitative estimate of drug-likeness (QED) is 0.541. The summed E-state index contributed by atoms with van der Waals surface area (Å²) >= 11 is -1.68. The molecule has 0 saturated carbocycles. The number of fused-ring (bicyclic) bond motifs is 3. The van der Waals surface area contributed by atoms with Gasteiger partial charge in [0.25, 0.3) is 0 Å². The molecule has 0 saturated heterocycles. The van der Waals surface area contributed by atoms with Crippen molar-refractivity contribution in [3.63, 3.8) is 0 Å². The molecule has 0 unspecified atom stereocenters. The van der Waals surface area contributed by atoms with Crippen molar-refractivity contribution in [2.75, 3.05) is 0 Å². The summed E-state index contributed by atoms with van der Waals surface area (Å²) in [4.78, 5) is 0. The van der Waals surface area contributed by atoms with Crippen molar-refractivity contribution in [3.05, 3.63) is 81.2 Å². The van der Waals surface area contributed by atoms with Gasteiger partial charge in [-0.3, -0.25) is 0 Å². The largest absolute Gasteiger partial charge is 1.00 e. The summed E-state index contributed by atoms with van der Waals surface area (Å²) in [5, 5.41) is 0. The predicted octanol–water partition coefficient (Wildman–Crippen LogP) is -0.522. The van der Waals surface area contributed by atoms with Crippen LogP contribution in [0.25, 0.3) is 11.1 Å². The van der Waals surface area contributed by atoms with E-state index in [1.165, 1.54) is 17.5 Å². The van der Waals surface area contributed by atoms with E-state index in [9.17, 15) is 0 Å². The first-order chi connectivity index (χ1) is 10.8. The summed E-state index contributed by atoms with van der Waals surface area (Å²) in [5.41, 5.74) is 6.00. The van der Waals surface area contributed by atoms with Gasteiger partial charge in [0.05, 0.1) is 0 Å². The molecule has 4 rings (SSSR count). The minimum atomic E-state index is -1.68. The van der Waals surface area contributed by atoms with Crippen LogP contribution in [0.2, 0.25) is 13.1 Å². The molecule has 0 aromatic heterocycles. The van der Waals surface area contributed by atoms with Crippen LogP contribution in [0.5, 0.6) is 0 Å². The molecule has 0 spiro atoms. The Morgan fingerprint density at radius 2 is 1.42 bits per heavy atom. The molecule has 0 bridgehead atoms. The first-order valence-corrected chi connectivity index (χ1v) is 16.8. The number of allylic oxidation sites excluding steroid dienone is 4. The fourth-order valence-electron chi connectivity index (χ4n) is 3.91. The van der Waals surface area contributed by atoms with Crippen LogP contribution in [0.1, 0.15) is 21.2 Å². The summed E-state index contributed by atoms with van der Waals surface area (Å²) in [5.74, 6) is 0. The fourth-order valence-corrected chi connectivity index (χ4v) is 22.2. The second-order valence-electron chi connectivity index (χ2n) is 6.35. The summed E-state index contributed by atoms with van der Waals surface area (Å²) in [7, 11) is 0. The van der Waals surface area contributed by atoms with Crippen LogP contribution in [-0.2, 0) is 20.4 Å². The van der Waals surface area contributed by atoms with Gasteiger partial charge in [0, 0.05) is 0 Å². The van der Waals surface area contributed by atoms with E-state index < -0.39 is 20.4 Å².